The first kappa shape index (κ1) is 8.56. The lowest BCUT2D eigenvalue weighted by Crippen LogP contribution is -2.33. The predicted octanol–water partition coefficient (Wildman–Crippen LogP) is -0.401. The average Bonchev–Trinajstić information content (AvgIpc) is 2.08. The number of aromatic amines is 1. The van der Waals surface area contributed by atoms with Crippen molar-refractivity contribution >= 4 is 11.6 Å². The highest BCUT2D eigenvalue weighted by molar-refractivity contribution is 6.31. The summed E-state index contributed by atoms with van der Waals surface area (Å²) in [5.74, 6) is 0. The summed E-state index contributed by atoms with van der Waals surface area (Å²) in [6.07, 6.45) is 0. The molecule has 0 aromatic carbocycles. The van der Waals surface area contributed by atoms with E-state index in [1.807, 2.05) is 0 Å². The molecule has 0 bridgehead atoms. The van der Waals surface area contributed by atoms with Gasteiger partial charge in [-0.25, -0.2) is 4.79 Å². The van der Waals surface area contributed by atoms with E-state index in [4.69, 9.17) is 16.9 Å². The molecule has 62 valence electrons. The number of hydrogen-bond donors (Lipinski definition) is 1. The largest absolute Gasteiger partial charge is 0.329 e. The molecule has 0 fully saturated rings. The lowest BCUT2D eigenvalue weighted by atomic mass is 10.4. The minimum atomic E-state index is -0.669. The zero-order valence-corrected chi connectivity index (χ0v) is 6.84. The molecule has 1 N–H and O–H groups in total. The molecule has 0 radical (unpaired) electrons. The van der Waals surface area contributed by atoms with E-state index < -0.39 is 11.2 Å². The summed E-state index contributed by atoms with van der Waals surface area (Å²) in [5.41, 5.74) is -1.53. The molecule has 0 spiro atoms. The first-order valence-electron chi connectivity index (χ1n) is 2.97. The first-order chi connectivity index (χ1) is 5.57. The fourth-order valence-corrected chi connectivity index (χ4v) is 0.885. The predicted molar refractivity (Wildman–Crippen MR) is 42.0 cm³/mol. The second kappa shape index (κ2) is 2.83. The molecule has 0 aliphatic rings. The van der Waals surface area contributed by atoms with Crippen molar-refractivity contribution in [1.82, 2.24) is 9.55 Å². The average molecular weight is 186 g/mol. The maximum Gasteiger partial charge on any atom is 0.329 e. The molecular weight excluding hydrogens is 182 g/mol. The van der Waals surface area contributed by atoms with Crippen molar-refractivity contribution < 1.29 is 0 Å². The zero-order valence-electron chi connectivity index (χ0n) is 6.09. The number of hydrogen-bond acceptors (Lipinski definition) is 3. The molecule has 1 rings (SSSR count). The van der Waals surface area contributed by atoms with Crippen molar-refractivity contribution in [2.75, 3.05) is 0 Å². The molecule has 0 saturated heterocycles. The van der Waals surface area contributed by atoms with E-state index >= 15 is 0 Å². The Morgan fingerprint density at radius 1 is 1.58 bits per heavy atom. The van der Waals surface area contributed by atoms with E-state index in [1.54, 1.807) is 6.07 Å². The Morgan fingerprint density at radius 2 is 2.17 bits per heavy atom. The number of nitrogens with zero attached hydrogens (tertiary/aromatic N) is 2. The van der Waals surface area contributed by atoms with Crippen LogP contribution in [0.1, 0.15) is 5.69 Å². The van der Waals surface area contributed by atoms with Crippen molar-refractivity contribution in [3.05, 3.63) is 31.6 Å². The van der Waals surface area contributed by atoms with Crippen molar-refractivity contribution in [3.8, 4) is 6.07 Å². The maximum absolute atomic E-state index is 11.0. The Labute approximate surface area is 71.8 Å². The topological polar surface area (TPSA) is 78.7 Å². The van der Waals surface area contributed by atoms with Gasteiger partial charge in [-0.3, -0.25) is 14.3 Å². The maximum atomic E-state index is 11.0. The third kappa shape index (κ3) is 1.12. The molecule has 0 saturated carbocycles. The number of rotatable bonds is 0. The van der Waals surface area contributed by atoms with Gasteiger partial charge in [0.15, 0.2) is 0 Å². The van der Waals surface area contributed by atoms with Gasteiger partial charge in [0, 0.05) is 7.05 Å². The van der Waals surface area contributed by atoms with E-state index in [-0.39, 0.29) is 10.7 Å². The van der Waals surface area contributed by atoms with Crippen molar-refractivity contribution in [3.63, 3.8) is 0 Å². The quantitative estimate of drug-likeness (QED) is 0.597. The normalized spacial score (nSPS) is 9.42. The number of aromatic nitrogens is 2. The number of halogens is 1. The van der Waals surface area contributed by atoms with Gasteiger partial charge in [-0.1, -0.05) is 11.6 Å². The van der Waals surface area contributed by atoms with Crippen LogP contribution in [0, 0.1) is 11.3 Å². The molecule has 5 nitrogen and oxygen atoms in total. The molecule has 12 heavy (non-hydrogen) atoms. The summed E-state index contributed by atoms with van der Waals surface area (Å²) in [6, 6.07) is 1.60. The molecule has 0 unspecified atom stereocenters. The molecular formula is C6H4ClN3O2. The van der Waals surface area contributed by atoms with Crippen LogP contribution in [-0.2, 0) is 7.05 Å². The van der Waals surface area contributed by atoms with Gasteiger partial charge in [0.1, 0.15) is 16.8 Å². The lowest BCUT2D eigenvalue weighted by Gasteiger charge is -1.96. The Bertz CT molecular complexity index is 465. The summed E-state index contributed by atoms with van der Waals surface area (Å²) in [7, 11) is 1.27. The summed E-state index contributed by atoms with van der Waals surface area (Å²) >= 11 is 5.44. The molecule has 1 aromatic rings. The summed E-state index contributed by atoms with van der Waals surface area (Å²) in [4.78, 5) is 24.0. The number of H-pyrrole nitrogens is 1. The van der Waals surface area contributed by atoms with Crippen LogP contribution in [0.15, 0.2) is 9.59 Å². The minimum absolute atomic E-state index is 0.204. The molecule has 1 heterocycles. The Kier molecular flexibility index (Phi) is 2.02. The Balaban J connectivity index is 3.77. The van der Waals surface area contributed by atoms with Gasteiger partial charge in [0.05, 0.1) is 0 Å². The number of nitrogens with one attached hydrogen (secondary N) is 1. The van der Waals surface area contributed by atoms with Crippen molar-refractivity contribution in [2.24, 2.45) is 7.05 Å². The summed E-state index contributed by atoms with van der Waals surface area (Å²) in [6.45, 7) is 0. The molecule has 0 atom stereocenters. The monoisotopic (exact) mass is 185 g/mol. The molecule has 6 heteroatoms. The Hall–Kier alpha value is -1.54. The molecule has 0 aliphatic carbocycles. The Morgan fingerprint density at radius 3 is 2.67 bits per heavy atom. The summed E-state index contributed by atoms with van der Waals surface area (Å²) in [5, 5.41) is 8.14. The van der Waals surface area contributed by atoms with E-state index in [1.165, 1.54) is 7.05 Å². The van der Waals surface area contributed by atoms with E-state index in [0.29, 0.717) is 0 Å². The zero-order chi connectivity index (χ0) is 9.30. The second-order valence-corrected chi connectivity index (χ2v) is 2.47. The molecule has 1 aromatic heterocycles. The van der Waals surface area contributed by atoms with Gasteiger partial charge in [0.2, 0.25) is 0 Å². The smallest absolute Gasteiger partial charge is 0.297 e. The van der Waals surface area contributed by atoms with Gasteiger partial charge >= 0.3 is 5.69 Å². The van der Waals surface area contributed by atoms with Crippen molar-refractivity contribution in [2.45, 2.75) is 0 Å². The lowest BCUT2D eigenvalue weighted by molar-refractivity contribution is 0.772. The van der Waals surface area contributed by atoms with Crippen LogP contribution in [-0.4, -0.2) is 9.55 Å². The van der Waals surface area contributed by atoms with Crippen LogP contribution in [0.4, 0.5) is 0 Å². The van der Waals surface area contributed by atoms with Crippen LogP contribution in [0.3, 0.4) is 0 Å². The van der Waals surface area contributed by atoms with Gasteiger partial charge in [-0.05, 0) is 0 Å². The highest BCUT2D eigenvalue weighted by Crippen LogP contribution is 2.02. The van der Waals surface area contributed by atoms with E-state index in [2.05, 4.69) is 4.98 Å². The van der Waals surface area contributed by atoms with Gasteiger partial charge in [-0.2, -0.15) is 5.26 Å². The fraction of sp³-hybridized carbons (Fsp3) is 0.167. The second-order valence-electron chi connectivity index (χ2n) is 2.10. The highest BCUT2D eigenvalue weighted by Gasteiger charge is 2.07. The molecule has 0 amide bonds. The van der Waals surface area contributed by atoms with Crippen LogP contribution in [0.2, 0.25) is 5.02 Å². The minimum Gasteiger partial charge on any atom is -0.297 e. The molecule has 0 aliphatic heterocycles. The van der Waals surface area contributed by atoms with Crippen LogP contribution >= 0.6 is 11.6 Å². The summed E-state index contributed by atoms with van der Waals surface area (Å²) < 4.78 is 0.795. The third-order valence-corrected chi connectivity index (χ3v) is 1.71. The van der Waals surface area contributed by atoms with Crippen LogP contribution < -0.4 is 11.2 Å². The van der Waals surface area contributed by atoms with Gasteiger partial charge in [0.25, 0.3) is 5.56 Å². The van der Waals surface area contributed by atoms with Crippen LogP contribution in [0.5, 0.6) is 0 Å². The van der Waals surface area contributed by atoms with Gasteiger partial charge < -0.3 is 0 Å². The van der Waals surface area contributed by atoms with Crippen LogP contribution in [0.25, 0.3) is 0 Å². The fourth-order valence-electron chi connectivity index (χ4n) is 0.669. The standard InChI is InChI=1S/C6H4ClN3O2/c1-10-5(11)4(7)3(2-8)9-6(10)12/h1H3,(H,9,12). The van der Waals surface area contributed by atoms with Gasteiger partial charge in [-0.15, -0.1) is 0 Å². The SMILES string of the molecule is Cn1c(=O)[nH]c(C#N)c(Cl)c1=O. The first-order valence-corrected chi connectivity index (χ1v) is 3.34. The third-order valence-electron chi connectivity index (χ3n) is 1.36. The van der Waals surface area contributed by atoms with E-state index in [0.717, 1.165) is 4.57 Å². The van der Waals surface area contributed by atoms with E-state index in [9.17, 15) is 9.59 Å². The highest BCUT2D eigenvalue weighted by atomic mass is 35.5. The van der Waals surface area contributed by atoms with Crippen molar-refractivity contribution in [1.29, 1.82) is 5.26 Å². The number of nitriles is 1.